The van der Waals surface area contributed by atoms with Crippen LogP contribution < -0.4 is 0 Å². The molecular formula is C22H21ClO2. The molecule has 4 rings (SSSR count). The van der Waals surface area contributed by atoms with Crippen LogP contribution in [0.2, 0.25) is 5.02 Å². The van der Waals surface area contributed by atoms with Gasteiger partial charge in [-0.1, -0.05) is 29.8 Å². The van der Waals surface area contributed by atoms with Crippen molar-refractivity contribution >= 4 is 23.2 Å². The molecule has 2 aliphatic carbocycles. The molecule has 2 aliphatic rings. The third-order valence-corrected chi connectivity index (χ3v) is 6.13. The number of fused-ring (bicyclic) bond motifs is 2. The van der Waals surface area contributed by atoms with Gasteiger partial charge in [-0.25, -0.2) is 0 Å². The predicted octanol–water partition coefficient (Wildman–Crippen LogP) is 5.28. The van der Waals surface area contributed by atoms with Crippen LogP contribution in [0.5, 0.6) is 0 Å². The van der Waals surface area contributed by atoms with E-state index < -0.39 is 5.92 Å². The van der Waals surface area contributed by atoms with Crippen molar-refractivity contribution in [2.75, 3.05) is 0 Å². The van der Waals surface area contributed by atoms with E-state index in [1.54, 1.807) is 0 Å². The number of carbonyl (C=O) groups excluding carboxylic acids is 2. The maximum absolute atomic E-state index is 12.9. The summed E-state index contributed by atoms with van der Waals surface area (Å²) in [5.74, 6) is -0.154. The van der Waals surface area contributed by atoms with Crippen LogP contribution in [-0.4, -0.2) is 11.6 Å². The van der Waals surface area contributed by atoms with E-state index in [2.05, 4.69) is 6.07 Å². The van der Waals surface area contributed by atoms with E-state index in [9.17, 15) is 9.59 Å². The molecule has 0 heterocycles. The van der Waals surface area contributed by atoms with Crippen LogP contribution >= 0.6 is 11.6 Å². The number of rotatable bonds is 2. The number of carbonyl (C=O) groups is 2. The third-order valence-electron chi connectivity index (χ3n) is 5.90. The minimum Gasteiger partial charge on any atom is -0.298 e. The summed E-state index contributed by atoms with van der Waals surface area (Å²) in [5, 5.41) is 0.711. The van der Waals surface area contributed by atoms with Crippen molar-refractivity contribution in [2.45, 2.75) is 39.0 Å². The Labute approximate surface area is 153 Å². The Morgan fingerprint density at radius 3 is 2.20 bits per heavy atom. The minimum absolute atomic E-state index is 0.0769. The van der Waals surface area contributed by atoms with Gasteiger partial charge in [0.2, 0.25) is 0 Å². The molecule has 0 amide bonds. The minimum atomic E-state index is -0.571. The monoisotopic (exact) mass is 352 g/mol. The lowest BCUT2D eigenvalue weighted by atomic mass is 9.74. The normalized spacial score (nSPS) is 25.5. The highest BCUT2D eigenvalue weighted by molar-refractivity contribution is 6.30. The molecule has 0 aromatic heterocycles. The van der Waals surface area contributed by atoms with Crippen molar-refractivity contribution in [1.29, 1.82) is 0 Å². The van der Waals surface area contributed by atoms with Gasteiger partial charge in [-0.3, -0.25) is 9.59 Å². The summed E-state index contributed by atoms with van der Waals surface area (Å²) >= 11 is 6.07. The molecule has 2 aromatic carbocycles. The number of benzene rings is 2. The molecular weight excluding hydrogens is 332 g/mol. The number of aryl methyl sites for hydroxylation is 2. The summed E-state index contributed by atoms with van der Waals surface area (Å²) in [6.45, 7) is 4.02. The van der Waals surface area contributed by atoms with Crippen LogP contribution in [0.25, 0.3) is 11.1 Å². The molecule has 2 aromatic rings. The van der Waals surface area contributed by atoms with Crippen LogP contribution in [0.3, 0.4) is 0 Å². The lowest BCUT2D eigenvalue weighted by molar-refractivity contribution is -0.135. The zero-order valence-electron chi connectivity index (χ0n) is 14.5. The van der Waals surface area contributed by atoms with Crippen molar-refractivity contribution in [2.24, 2.45) is 11.8 Å². The molecule has 128 valence electrons. The zero-order chi connectivity index (χ0) is 17.7. The van der Waals surface area contributed by atoms with Gasteiger partial charge in [0.1, 0.15) is 5.92 Å². The Balaban J connectivity index is 1.80. The van der Waals surface area contributed by atoms with Crippen LogP contribution in [0.15, 0.2) is 36.4 Å². The van der Waals surface area contributed by atoms with Gasteiger partial charge in [0.15, 0.2) is 11.6 Å². The Kier molecular flexibility index (Phi) is 4.04. The third kappa shape index (κ3) is 2.73. The van der Waals surface area contributed by atoms with Gasteiger partial charge in [-0.15, -0.1) is 0 Å². The van der Waals surface area contributed by atoms with E-state index in [1.807, 2.05) is 44.2 Å². The highest BCUT2D eigenvalue weighted by Gasteiger charge is 2.47. The van der Waals surface area contributed by atoms with Crippen molar-refractivity contribution in [3.63, 3.8) is 0 Å². The maximum Gasteiger partial charge on any atom is 0.150 e. The summed E-state index contributed by atoms with van der Waals surface area (Å²) in [5.41, 5.74) is 5.11. The number of ketones is 2. The highest BCUT2D eigenvalue weighted by atomic mass is 35.5. The first-order valence-corrected chi connectivity index (χ1v) is 9.28. The van der Waals surface area contributed by atoms with E-state index in [-0.39, 0.29) is 23.4 Å². The van der Waals surface area contributed by atoms with Gasteiger partial charge in [-0.2, -0.15) is 0 Å². The molecule has 0 radical (unpaired) electrons. The standard InChI is InChI=1S/C22H21ClO2/c1-12-3-4-14(18-8-7-17(23)9-13(18)2)11-19(12)20-21(24)15-5-6-16(10-15)22(20)25/h3-4,7-9,11,15-16,20H,5-6,10H2,1-2H3/t15-,16+,20?. The number of hydrogen-bond acceptors (Lipinski definition) is 2. The summed E-state index contributed by atoms with van der Waals surface area (Å²) in [6.07, 6.45) is 2.52. The lowest BCUT2D eigenvalue weighted by Crippen LogP contribution is -2.35. The van der Waals surface area contributed by atoms with Crippen LogP contribution in [-0.2, 0) is 9.59 Å². The van der Waals surface area contributed by atoms with Crippen molar-refractivity contribution in [3.05, 3.63) is 58.1 Å². The zero-order valence-corrected chi connectivity index (χ0v) is 15.3. The van der Waals surface area contributed by atoms with Crippen molar-refractivity contribution in [3.8, 4) is 11.1 Å². The average Bonchev–Trinajstić information content (AvgIpc) is 3.02. The lowest BCUT2D eigenvalue weighted by Gasteiger charge is -2.27. The van der Waals surface area contributed by atoms with E-state index in [1.165, 1.54) is 0 Å². The topological polar surface area (TPSA) is 34.1 Å². The molecule has 0 N–H and O–H groups in total. The smallest absolute Gasteiger partial charge is 0.150 e. The number of Topliss-reactive ketones (excluding diaryl/α,β-unsaturated/α-hetero) is 2. The van der Waals surface area contributed by atoms with Crippen molar-refractivity contribution < 1.29 is 9.59 Å². The Morgan fingerprint density at radius 1 is 0.880 bits per heavy atom. The van der Waals surface area contributed by atoms with Gasteiger partial charge in [0.05, 0.1) is 0 Å². The second-order valence-electron chi connectivity index (χ2n) is 7.48. The predicted molar refractivity (Wildman–Crippen MR) is 99.9 cm³/mol. The number of halogens is 1. The van der Waals surface area contributed by atoms with Crippen LogP contribution in [0.4, 0.5) is 0 Å². The first-order chi connectivity index (χ1) is 12.0. The second kappa shape index (κ2) is 6.10. The molecule has 3 heteroatoms. The van der Waals surface area contributed by atoms with E-state index in [0.717, 1.165) is 47.1 Å². The average molecular weight is 353 g/mol. The molecule has 2 saturated carbocycles. The second-order valence-corrected chi connectivity index (χ2v) is 7.91. The Hall–Kier alpha value is -1.93. The summed E-state index contributed by atoms with van der Waals surface area (Å²) < 4.78 is 0. The van der Waals surface area contributed by atoms with E-state index in [4.69, 9.17) is 11.6 Å². The van der Waals surface area contributed by atoms with Crippen LogP contribution in [0, 0.1) is 25.7 Å². The fourth-order valence-electron chi connectivity index (χ4n) is 4.49. The molecule has 1 unspecified atom stereocenters. The van der Waals surface area contributed by atoms with Gasteiger partial charge in [0, 0.05) is 16.9 Å². The maximum atomic E-state index is 12.9. The summed E-state index contributed by atoms with van der Waals surface area (Å²) in [4.78, 5) is 25.7. The molecule has 0 aliphatic heterocycles. The quantitative estimate of drug-likeness (QED) is 0.689. The molecule has 25 heavy (non-hydrogen) atoms. The summed E-state index contributed by atoms with van der Waals surface area (Å²) in [7, 11) is 0. The first kappa shape index (κ1) is 16.5. The van der Waals surface area contributed by atoms with Gasteiger partial charge in [0.25, 0.3) is 0 Å². The van der Waals surface area contributed by atoms with E-state index >= 15 is 0 Å². The highest BCUT2D eigenvalue weighted by Crippen LogP contribution is 2.45. The van der Waals surface area contributed by atoms with Gasteiger partial charge >= 0.3 is 0 Å². The van der Waals surface area contributed by atoms with Gasteiger partial charge in [-0.05, 0) is 79.1 Å². The number of hydrogen-bond donors (Lipinski definition) is 0. The Morgan fingerprint density at radius 2 is 1.56 bits per heavy atom. The SMILES string of the molecule is Cc1cc(Cl)ccc1-c1ccc(C)c(C2C(=O)[C@@H]3CC[C@@H](C3)C2=O)c1. The molecule has 0 spiro atoms. The molecule has 3 atom stereocenters. The molecule has 2 fully saturated rings. The fraction of sp³-hybridized carbons (Fsp3) is 0.364. The van der Waals surface area contributed by atoms with E-state index in [0.29, 0.717) is 5.02 Å². The first-order valence-electron chi connectivity index (χ1n) is 8.90. The van der Waals surface area contributed by atoms with Gasteiger partial charge < -0.3 is 0 Å². The fourth-order valence-corrected chi connectivity index (χ4v) is 4.71. The summed E-state index contributed by atoms with van der Waals surface area (Å²) in [6, 6.07) is 11.9. The van der Waals surface area contributed by atoms with Crippen molar-refractivity contribution in [1.82, 2.24) is 0 Å². The molecule has 2 nitrogen and oxygen atoms in total. The largest absolute Gasteiger partial charge is 0.298 e. The Bertz CT molecular complexity index is 862. The van der Waals surface area contributed by atoms with Crippen LogP contribution in [0.1, 0.15) is 41.9 Å². The molecule has 0 saturated heterocycles. The molecule has 2 bridgehead atoms.